The van der Waals surface area contributed by atoms with Crippen molar-refractivity contribution in [3.8, 4) is 0 Å². The molecular formula is C16H17NO8. The van der Waals surface area contributed by atoms with Crippen LogP contribution in [0, 0.1) is 0 Å². The molecule has 0 aliphatic carbocycles. The third-order valence-corrected chi connectivity index (χ3v) is 4.12. The number of ether oxygens (including phenoxy) is 1. The van der Waals surface area contributed by atoms with E-state index in [0.717, 1.165) is 0 Å². The Kier molecular flexibility index (Phi) is 4.84. The first-order valence-electron chi connectivity index (χ1n) is 7.54. The van der Waals surface area contributed by atoms with E-state index in [4.69, 9.17) is 14.3 Å². The van der Waals surface area contributed by atoms with Crippen LogP contribution in [0.5, 0.6) is 0 Å². The topological polar surface area (TPSA) is 149 Å². The second-order valence-corrected chi connectivity index (χ2v) is 5.76. The van der Waals surface area contributed by atoms with Crippen molar-refractivity contribution >= 4 is 22.9 Å². The van der Waals surface area contributed by atoms with Gasteiger partial charge in [-0.2, -0.15) is 0 Å². The van der Waals surface area contributed by atoms with Gasteiger partial charge in [0.2, 0.25) is 0 Å². The van der Waals surface area contributed by atoms with E-state index in [1.54, 1.807) is 12.1 Å². The molecule has 134 valence electrons. The molecule has 9 nitrogen and oxygen atoms in total. The van der Waals surface area contributed by atoms with Crippen LogP contribution in [0.1, 0.15) is 10.4 Å². The number of hydrogen-bond acceptors (Lipinski definition) is 9. The molecule has 0 spiro atoms. The number of benzene rings is 1. The lowest BCUT2D eigenvalue weighted by atomic mass is 9.97. The van der Waals surface area contributed by atoms with Gasteiger partial charge in [0.15, 0.2) is 12.6 Å². The van der Waals surface area contributed by atoms with Crippen molar-refractivity contribution in [2.45, 2.75) is 30.6 Å². The highest BCUT2D eigenvalue weighted by Crippen LogP contribution is 2.25. The van der Waals surface area contributed by atoms with Crippen molar-refractivity contribution in [2.75, 3.05) is 11.9 Å². The summed E-state index contributed by atoms with van der Waals surface area (Å²) < 4.78 is 10.1. The van der Waals surface area contributed by atoms with Crippen molar-refractivity contribution in [3.63, 3.8) is 0 Å². The summed E-state index contributed by atoms with van der Waals surface area (Å²) in [5.41, 5.74) is -0.286. The van der Waals surface area contributed by atoms with Gasteiger partial charge in [-0.25, -0.2) is 4.79 Å². The highest BCUT2D eigenvalue weighted by molar-refractivity contribution is 5.86. The maximum absolute atomic E-state index is 11.6. The largest absolute Gasteiger partial charge is 0.422 e. The number of rotatable bonds is 4. The molecular weight excluding hydrogens is 334 g/mol. The molecule has 2 heterocycles. The number of aliphatic hydroxyl groups excluding tert-OH is 4. The number of aldehydes is 1. The van der Waals surface area contributed by atoms with Gasteiger partial charge in [0.05, 0.1) is 6.61 Å². The van der Waals surface area contributed by atoms with Gasteiger partial charge in [-0.1, -0.05) is 0 Å². The maximum Gasteiger partial charge on any atom is 0.346 e. The monoisotopic (exact) mass is 351 g/mol. The van der Waals surface area contributed by atoms with Gasteiger partial charge in [-0.05, 0) is 18.2 Å². The molecule has 1 saturated heterocycles. The number of aliphatic hydroxyl groups is 4. The van der Waals surface area contributed by atoms with Crippen LogP contribution in [0.2, 0.25) is 0 Å². The highest BCUT2D eigenvalue weighted by Gasteiger charge is 2.43. The maximum atomic E-state index is 11.6. The zero-order valence-corrected chi connectivity index (χ0v) is 12.9. The molecule has 25 heavy (non-hydrogen) atoms. The molecule has 1 aliphatic rings. The van der Waals surface area contributed by atoms with Crippen LogP contribution >= 0.6 is 0 Å². The Hall–Kier alpha value is -2.30. The molecule has 0 saturated carbocycles. The summed E-state index contributed by atoms with van der Waals surface area (Å²) in [6.07, 6.45) is -4.96. The molecule has 0 amide bonds. The predicted octanol–water partition coefficient (Wildman–Crippen LogP) is -1.18. The summed E-state index contributed by atoms with van der Waals surface area (Å²) in [5.74, 6) is 0. The van der Waals surface area contributed by atoms with Crippen molar-refractivity contribution in [1.82, 2.24) is 0 Å². The summed E-state index contributed by atoms with van der Waals surface area (Å²) in [7, 11) is 0. The van der Waals surface area contributed by atoms with Crippen LogP contribution in [0.4, 0.5) is 5.69 Å². The molecule has 5 N–H and O–H groups in total. The lowest BCUT2D eigenvalue weighted by Gasteiger charge is -2.40. The fourth-order valence-electron chi connectivity index (χ4n) is 2.74. The van der Waals surface area contributed by atoms with Crippen LogP contribution in [-0.2, 0) is 4.74 Å². The molecule has 1 aromatic heterocycles. The molecule has 1 aliphatic heterocycles. The van der Waals surface area contributed by atoms with Gasteiger partial charge in [-0.3, -0.25) is 4.79 Å². The van der Waals surface area contributed by atoms with E-state index in [2.05, 4.69) is 5.32 Å². The fourth-order valence-corrected chi connectivity index (χ4v) is 2.74. The molecule has 9 heteroatoms. The molecule has 3 rings (SSSR count). The lowest BCUT2D eigenvalue weighted by Crippen LogP contribution is -2.61. The number of hydrogen-bond donors (Lipinski definition) is 5. The summed E-state index contributed by atoms with van der Waals surface area (Å²) in [4.78, 5) is 22.4. The highest BCUT2D eigenvalue weighted by atomic mass is 16.6. The van der Waals surface area contributed by atoms with E-state index < -0.39 is 42.9 Å². The van der Waals surface area contributed by atoms with Crippen LogP contribution in [0.3, 0.4) is 0 Å². The van der Waals surface area contributed by atoms with Gasteiger partial charge >= 0.3 is 5.63 Å². The van der Waals surface area contributed by atoms with E-state index in [1.807, 2.05) is 0 Å². The first-order chi connectivity index (χ1) is 11.9. The molecule has 0 bridgehead atoms. The first-order valence-corrected chi connectivity index (χ1v) is 7.54. The first kappa shape index (κ1) is 17.5. The average molecular weight is 351 g/mol. The van der Waals surface area contributed by atoms with Crippen molar-refractivity contribution in [3.05, 3.63) is 40.2 Å². The number of anilines is 1. The fraction of sp³-hybridized carbons (Fsp3) is 0.375. The van der Waals surface area contributed by atoms with Crippen molar-refractivity contribution in [2.24, 2.45) is 0 Å². The Bertz CT molecular complexity index is 834. The van der Waals surface area contributed by atoms with Gasteiger partial charge < -0.3 is 34.9 Å². The van der Waals surface area contributed by atoms with E-state index >= 15 is 0 Å². The Morgan fingerprint density at radius 1 is 1.16 bits per heavy atom. The van der Waals surface area contributed by atoms with Crippen LogP contribution < -0.4 is 10.9 Å². The van der Waals surface area contributed by atoms with E-state index in [-0.39, 0.29) is 11.1 Å². The summed E-state index contributed by atoms with van der Waals surface area (Å²) in [5, 5.41) is 42.4. The second kappa shape index (κ2) is 6.90. The number of fused-ring (bicyclic) bond motifs is 1. The number of carbonyl (C=O) groups is 1. The summed E-state index contributed by atoms with van der Waals surface area (Å²) in [6.45, 7) is -0.553. The average Bonchev–Trinajstić information content (AvgIpc) is 2.61. The molecule has 3 unspecified atom stereocenters. The van der Waals surface area contributed by atoms with Crippen molar-refractivity contribution in [1.29, 1.82) is 0 Å². The third kappa shape index (κ3) is 3.28. The van der Waals surface area contributed by atoms with E-state index in [0.29, 0.717) is 17.4 Å². The Morgan fingerprint density at radius 3 is 2.60 bits per heavy atom. The quantitative estimate of drug-likeness (QED) is 0.339. The number of carbonyl (C=O) groups excluding carboxylic acids is 1. The Morgan fingerprint density at radius 2 is 1.92 bits per heavy atom. The minimum Gasteiger partial charge on any atom is -0.422 e. The predicted molar refractivity (Wildman–Crippen MR) is 85.3 cm³/mol. The SMILES string of the molecule is O=Cc1cc2ccc(NC3C(O)OC(CO)[C@@H](O)[C@@H]3O)cc2oc1=O. The molecule has 0 radical (unpaired) electrons. The van der Waals surface area contributed by atoms with E-state index in [1.165, 1.54) is 12.1 Å². The molecule has 5 atom stereocenters. The molecule has 2 aromatic rings. The van der Waals surface area contributed by atoms with E-state index in [9.17, 15) is 24.9 Å². The lowest BCUT2D eigenvalue weighted by molar-refractivity contribution is -0.245. The third-order valence-electron chi connectivity index (χ3n) is 4.12. The standard InChI is InChI=1S/C16H17NO8/c18-5-8-3-7-1-2-9(4-10(7)24-15(8)22)17-12-14(21)13(20)11(6-19)25-16(12)23/h1-5,11-14,16-17,19-21,23H,6H2/t11?,12?,13-,14-,16?/m1/s1. The summed E-state index contributed by atoms with van der Waals surface area (Å²) >= 11 is 0. The Labute approximate surface area is 141 Å². The number of nitrogens with one attached hydrogen (secondary N) is 1. The smallest absolute Gasteiger partial charge is 0.346 e. The summed E-state index contributed by atoms with van der Waals surface area (Å²) in [6, 6.07) is 4.94. The zero-order valence-electron chi connectivity index (χ0n) is 12.9. The normalized spacial score (nSPS) is 29.5. The van der Waals surface area contributed by atoms with Crippen LogP contribution in [0.25, 0.3) is 11.0 Å². The Balaban J connectivity index is 1.87. The van der Waals surface area contributed by atoms with Crippen LogP contribution in [0.15, 0.2) is 33.5 Å². The minimum atomic E-state index is -1.48. The van der Waals surface area contributed by atoms with Gasteiger partial charge in [0.25, 0.3) is 0 Å². The minimum absolute atomic E-state index is 0.0992. The molecule has 1 aromatic carbocycles. The van der Waals surface area contributed by atoms with Crippen molar-refractivity contribution < 1.29 is 34.4 Å². The van der Waals surface area contributed by atoms with Gasteiger partial charge in [0.1, 0.15) is 35.5 Å². The van der Waals surface area contributed by atoms with Crippen LogP contribution in [-0.4, -0.2) is 64.0 Å². The van der Waals surface area contributed by atoms with Gasteiger partial charge in [-0.15, -0.1) is 0 Å². The zero-order chi connectivity index (χ0) is 18.1. The second-order valence-electron chi connectivity index (χ2n) is 5.76. The van der Waals surface area contributed by atoms with Gasteiger partial charge in [0, 0.05) is 17.1 Å². The molecule has 1 fully saturated rings.